The van der Waals surface area contributed by atoms with Crippen molar-refractivity contribution < 1.29 is 14.3 Å². The van der Waals surface area contributed by atoms with E-state index >= 15 is 0 Å². The molecule has 0 unspecified atom stereocenters. The van der Waals surface area contributed by atoms with Crippen LogP contribution in [0.25, 0.3) is 6.08 Å². The second-order valence-electron chi connectivity index (χ2n) is 8.01. The van der Waals surface area contributed by atoms with Crippen molar-refractivity contribution in [2.45, 2.75) is 44.8 Å². The lowest BCUT2D eigenvalue weighted by atomic mass is 9.94. The largest absolute Gasteiger partial charge is 0.496 e. The number of methoxy groups -OCH3 is 1. The topological polar surface area (TPSA) is 50.8 Å². The highest BCUT2D eigenvalue weighted by atomic mass is 35.5. The lowest BCUT2D eigenvalue weighted by Gasteiger charge is -2.29. The van der Waals surface area contributed by atoms with Crippen molar-refractivity contribution in [2.24, 2.45) is 0 Å². The monoisotopic (exact) mass is 524 g/mol. The Bertz CT molecular complexity index is 1090. The molecule has 2 fully saturated rings. The van der Waals surface area contributed by atoms with Crippen molar-refractivity contribution in [2.75, 3.05) is 7.11 Å². The van der Waals surface area contributed by atoms with Gasteiger partial charge in [0.15, 0.2) is 10.9 Å². The molecular formula is C24H23Cl3N2O3S. The van der Waals surface area contributed by atoms with Gasteiger partial charge in [-0.2, -0.15) is 0 Å². The standard InChI is InChI=1S/C24H23Cl3N2O3S/c1-31-21-8-7-14(9-15(21)13-32-22-18(26)11-16(25)12-19(22)27)10-20-23(30)29(24(33)28-20)17-5-3-2-4-6-17/h7-12,17H,2-6,13H2,1H3,(H,28,33)/b20-10+. The van der Waals surface area contributed by atoms with E-state index in [9.17, 15) is 4.79 Å². The zero-order valence-corrected chi connectivity index (χ0v) is 21.1. The molecule has 0 atom stereocenters. The van der Waals surface area contributed by atoms with Crippen LogP contribution in [-0.2, 0) is 11.4 Å². The lowest BCUT2D eigenvalue weighted by Crippen LogP contribution is -2.41. The van der Waals surface area contributed by atoms with Gasteiger partial charge in [-0.25, -0.2) is 0 Å². The third-order valence-electron chi connectivity index (χ3n) is 5.80. The molecule has 0 radical (unpaired) electrons. The van der Waals surface area contributed by atoms with Crippen molar-refractivity contribution in [3.05, 3.63) is 62.2 Å². The Labute approximate surface area is 213 Å². The second kappa shape index (κ2) is 10.5. The quantitative estimate of drug-likeness (QED) is 0.339. The van der Waals surface area contributed by atoms with Crippen LogP contribution in [0, 0.1) is 0 Å². The number of rotatable bonds is 6. The van der Waals surface area contributed by atoms with Gasteiger partial charge in [0.2, 0.25) is 0 Å². The molecular weight excluding hydrogens is 503 g/mol. The van der Waals surface area contributed by atoms with E-state index in [1.54, 1.807) is 30.2 Å². The van der Waals surface area contributed by atoms with Crippen LogP contribution in [0.1, 0.15) is 43.2 Å². The van der Waals surface area contributed by atoms with Gasteiger partial charge in [-0.05, 0) is 61.0 Å². The van der Waals surface area contributed by atoms with E-state index in [4.69, 9.17) is 56.5 Å². The number of hydrogen-bond acceptors (Lipinski definition) is 4. The predicted octanol–water partition coefficient (Wildman–Crippen LogP) is 6.62. The highest BCUT2D eigenvalue weighted by molar-refractivity contribution is 7.80. The number of carbonyl (C=O) groups is 1. The van der Waals surface area contributed by atoms with Crippen LogP contribution in [0.15, 0.2) is 36.0 Å². The highest BCUT2D eigenvalue weighted by Crippen LogP contribution is 2.37. The van der Waals surface area contributed by atoms with E-state index in [0.29, 0.717) is 37.4 Å². The van der Waals surface area contributed by atoms with Gasteiger partial charge >= 0.3 is 0 Å². The number of benzene rings is 2. The number of thiocarbonyl (C=S) groups is 1. The Morgan fingerprint density at radius 3 is 2.48 bits per heavy atom. The van der Waals surface area contributed by atoms with Gasteiger partial charge in [0.05, 0.1) is 17.2 Å². The molecule has 0 spiro atoms. The molecule has 33 heavy (non-hydrogen) atoms. The van der Waals surface area contributed by atoms with Crippen molar-refractivity contribution >= 4 is 64.1 Å². The molecule has 1 saturated carbocycles. The van der Waals surface area contributed by atoms with Crippen LogP contribution in [-0.4, -0.2) is 29.1 Å². The van der Waals surface area contributed by atoms with E-state index in [2.05, 4.69) is 5.32 Å². The number of nitrogens with one attached hydrogen (secondary N) is 1. The van der Waals surface area contributed by atoms with Crippen LogP contribution >= 0.6 is 47.0 Å². The maximum atomic E-state index is 13.1. The summed E-state index contributed by atoms with van der Waals surface area (Å²) in [5.41, 5.74) is 2.05. The molecule has 2 aliphatic rings. The summed E-state index contributed by atoms with van der Waals surface area (Å²) in [6.07, 6.45) is 7.23. The summed E-state index contributed by atoms with van der Waals surface area (Å²) in [7, 11) is 1.59. The summed E-state index contributed by atoms with van der Waals surface area (Å²) in [5.74, 6) is 0.901. The van der Waals surface area contributed by atoms with Crippen LogP contribution in [0.5, 0.6) is 11.5 Å². The van der Waals surface area contributed by atoms with Gasteiger partial charge < -0.3 is 14.8 Å². The van der Waals surface area contributed by atoms with E-state index in [1.165, 1.54) is 6.42 Å². The number of hydrogen-bond donors (Lipinski definition) is 1. The third kappa shape index (κ3) is 5.40. The summed E-state index contributed by atoms with van der Waals surface area (Å²) in [4.78, 5) is 14.8. The first kappa shape index (κ1) is 24.1. The van der Waals surface area contributed by atoms with Crippen molar-refractivity contribution in [1.82, 2.24) is 10.2 Å². The number of halogens is 3. The molecule has 1 amide bonds. The minimum atomic E-state index is -0.0831. The van der Waals surface area contributed by atoms with E-state index in [1.807, 2.05) is 18.2 Å². The molecule has 4 rings (SSSR count). The summed E-state index contributed by atoms with van der Waals surface area (Å²) in [6, 6.07) is 8.91. The minimum Gasteiger partial charge on any atom is -0.496 e. The fraction of sp³-hybridized carbons (Fsp3) is 0.333. The molecule has 1 saturated heterocycles. The Morgan fingerprint density at radius 2 is 1.82 bits per heavy atom. The van der Waals surface area contributed by atoms with E-state index in [0.717, 1.165) is 36.8 Å². The van der Waals surface area contributed by atoms with Gasteiger partial charge in [-0.3, -0.25) is 9.69 Å². The van der Waals surface area contributed by atoms with Gasteiger partial charge in [-0.15, -0.1) is 0 Å². The predicted molar refractivity (Wildman–Crippen MR) is 136 cm³/mol. The average molecular weight is 526 g/mol. The molecule has 1 N–H and O–H groups in total. The summed E-state index contributed by atoms with van der Waals surface area (Å²) >= 11 is 23.9. The molecule has 2 aromatic carbocycles. The Hall–Kier alpha value is -1.99. The number of carbonyl (C=O) groups excluding carboxylic acids is 1. The fourth-order valence-electron chi connectivity index (χ4n) is 4.20. The molecule has 1 aliphatic carbocycles. The molecule has 0 aromatic heterocycles. The van der Waals surface area contributed by atoms with Gasteiger partial charge in [-0.1, -0.05) is 60.1 Å². The first-order valence-corrected chi connectivity index (χ1v) is 12.2. The summed E-state index contributed by atoms with van der Waals surface area (Å²) in [5, 5.41) is 4.63. The molecule has 5 nitrogen and oxygen atoms in total. The maximum Gasteiger partial charge on any atom is 0.276 e. The molecule has 2 aromatic rings. The summed E-state index contributed by atoms with van der Waals surface area (Å²) < 4.78 is 11.3. The van der Waals surface area contributed by atoms with Crippen LogP contribution in [0.2, 0.25) is 15.1 Å². The highest BCUT2D eigenvalue weighted by Gasteiger charge is 2.36. The smallest absolute Gasteiger partial charge is 0.276 e. The zero-order valence-electron chi connectivity index (χ0n) is 18.0. The first-order valence-electron chi connectivity index (χ1n) is 10.7. The number of ether oxygens (including phenoxy) is 2. The fourth-order valence-corrected chi connectivity index (χ4v) is 5.47. The van der Waals surface area contributed by atoms with Crippen LogP contribution in [0.4, 0.5) is 0 Å². The third-order valence-corrected chi connectivity index (χ3v) is 6.88. The molecule has 1 aliphatic heterocycles. The number of amides is 1. The normalized spacial score (nSPS) is 18.1. The second-order valence-corrected chi connectivity index (χ2v) is 9.65. The van der Waals surface area contributed by atoms with Crippen LogP contribution in [0.3, 0.4) is 0 Å². The molecule has 0 bridgehead atoms. The van der Waals surface area contributed by atoms with Crippen molar-refractivity contribution in [3.8, 4) is 11.5 Å². The molecule has 9 heteroatoms. The van der Waals surface area contributed by atoms with Gasteiger partial charge in [0.1, 0.15) is 18.1 Å². The maximum absolute atomic E-state index is 13.1. The van der Waals surface area contributed by atoms with E-state index < -0.39 is 0 Å². The minimum absolute atomic E-state index is 0.0831. The van der Waals surface area contributed by atoms with E-state index in [-0.39, 0.29) is 18.6 Å². The first-order chi connectivity index (χ1) is 15.9. The van der Waals surface area contributed by atoms with Gasteiger partial charge in [0, 0.05) is 16.6 Å². The Balaban J connectivity index is 1.55. The Kier molecular flexibility index (Phi) is 7.69. The van der Waals surface area contributed by atoms with Crippen molar-refractivity contribution in [1.29, 1.82) is 0 Å². The molecule has 1 heterocycles. The Morgan fingerprint density at radius 1 is 1.12 bits per heavy atom. The SMILES string of the molecule is COc1ccc(/C=C2/NC(=S)N(C3CCCCC3)C2=O)cc1COc1c(Cl)cc(Cl)cc1Cl. The van der Waals surface area contributed by atoms with Crippen LogP contribution < -0.4 is 14.8 Å². The van der Waals surface area contributed by atoms with Crippen molar-refractivity contribution in [3.63, 3.8) is 0 Å². The van der Waals surface area contributed by atoms with Gasteiger partial charge in [0.25, 0.3) is 5.91 Å². The average Bonchev–Trinajstić information content (AvgIpc) is 3.06. The molecule has 174 valence electrons. The lowest BCUT2D eigenvalue weighted by molar-refractivity contribution is -0.124. The summed E-state index contributed by atoms with van der Waals surface area (Å²) in [6.45, 7) is 0.162. The zero-order chi connectivity index (χ0) is 23.5. The number of nitrogens with zero attached hydrogens (tertiary/aromatic N) is 1.